The Balaban J connectivity index is 2.24. The molecule has 1 aromatic rings. The van der Waals surface area contributed by atoms with Gasteiger partial charge in [0.25, 0.3) is 5.91 Å². The molecule has 21 heavy (non-hydrogen) atoms. The maximum Gasteiger partial charge on any atom is 0.255 e. The number of carbonyl (C=O) groups is 2. The van der Waals surface area contributed by atoms with Crippen LogP contribution in [-0.4, -0.2) is 27.3 Å². The van der Waals surface area contributed by atoms with E-state index in [4.69, 9.17) is 11.5 Å². The summed E-state index contributed by atoms with van der Waals surface area (Å²) in [5.74, 6) is -0.747. The summed E-state index contributed by atoms with van der Waals surface area (Å²) in [6, 6.07) is 0. The highest BCUT2D eigenvalue weighted by Crippen LogP contribution is 2.27. The van der Waals surface area contributed by atoms with Gasteiger partial charge in [0.2, 0.25) is 11.9 Å². The van der Waals surface area contributed by atoms with Gasteiger partial charge >= 0.3 is 0 Å². The van der Waals surface area contributed by atoms with Gasteiger partial charge in [0.05, 0.1) is 11.3 Å². The van der Waals surface area contributed by atoms with E-state index in [-0.39, 0.29) is 11.9 Å². The van der Waals surface area contributed by atoms with Gasteiger partial charge in [0, 0.05) is 6.20 Å². The second-order valence-electron chi connectivity index (χ2n) is 5.54. The number of nitrogen functional groups attached to an aromatic ring is 1. The van der Waals surface area contributed by atoms with Crippen molar-refractivity contribution < 1.29 is 9.59 Å². The first kappa shape index (κ1) is 15.2. The summed E-state index contributed by atoms with van der Waals surface area (Å²) in [5.41, 5.74) is 10.9. The molecule has 0 radical (unpaired) electrons. The van der Waals surface area contributed by atoms with E-state index in [1.807, 2.05) is 0 Å². The van der Waals surface area contributed by atoms with Gasteiger partial charge < -0.3 is 16.8 Å². The van der Waals surface area contributed by atoms with Crippen LogP contribution in [0.3, 0.4) is 0 Å². The number of carbonyl (C=O) groups excluding carboxylic acids is 2. The first-order valence-electron chi connectivity index (χ1n) is 7.16. The fourth-order valence-electron chi connectivity index (χ4n) is 2.76. The molecule has 1 aromatic heterocycles. The third-order valence-corrected chi connectivity index (χ3v) is 4.02. The van der Waals surface area contributed by atoms with Gasteiger partial charge in [-0.15, -0.1) is 0 Å². The molecule has 1 heterocycles. The van der Waals surface area contributed by atoms with Crippen LogP contribution in [0, 0.1) is 6.92 Å². The Kier molecular flexibility index (Phi) is 4.40. The molecule has 2 rings (SSSR count). The standard InChI is InChI=1S/C14H21N5O2/c1-9-10(8-17-13(16)18-9)11(20)19-14(12(15)21)6-4-2-3-5-7-14/h8H,2-7H2,1H3,(H2,15,21)(H,19,20)(H2,16,17,18). The average molecular weight is 291 g/mol. The van der Waals surface area contributed by atoms with E-state index in [0.717, 1.165) is 25.7 Å². The molecule has 1 aliphatic carbocycles. The minimum absolute atomic E-state index is 0.114. The normalized spacial score (nSPS) is 17.8. The Morgan fingerprint density at radius 3 is 2.38 bits per heavy atom. The maximum atomic E-state index is 12.4. The number of nitrogens with two attached hydrogens (primary N) is 2. The van der Waals surface area contributed by atoms with Crippen molar-refractivity contribution in [1.29, 1.82) is 0 Å². The molecular weight excluding hydrogens is 270 g/mol. The molecule has 7 nitrogen and oxygen atoms in total. The van der Waals surface area contributed by atoms with Gasteiger partial charge in [-0.2, -0.15) is 0 Å². The van der Waals surface area contributed by atoms with Gasteiger partial charge in [0.15, 0.2) is 0 Å². The van der Waals surface area contributed by atoms with Crippen LogP contribution in [-0.2, 0) is 4.79 Å². The molecule has 0 spiro atoms. The molecule has 0 atom stereocenters. The van der Waals surface area contributed by atoms with E-state index in [0.29, 0.717) is 24.1 Å². The van der Waals surface area contributed by atoms with Gasteiger partial charge in [-0.05, 0) is 19.8 Å². The molecule has 1 saturated carbocycles. The third kappa shape index (κ3) is 3.29. The number of aryl methyl sites for hydroxylation is 1. The number of primary amides is 1. The summed E-state index contributed by atoms with van der Waals surface area (Å²) in [4.78, 5) is 32.1. The summed E-state index contributed by atoms with van der Waals surface area (Å²) in [6.45, 7) is 1.68. The van der Waals surface area contributed by atoms with Gasteiger partial charge in [-0.25, -0.2) is 9.97 Å². The lowest BCUT2D eigenvalue weighted by molar-refractivity contribution is -0.124. The Morgan fingerprint density at radius 1 is 1.24 bits per heavy atom. The summed E-state index contributed by atoms with van der Waals surface area (Å²) in [6.07, 6.45) is 6.37. The molecule has 0 saturated heterocycles. The molecule has 114 valence electrons. The second kappa shape index (κ2) is 6.07. The van der Waals surface area contributed by atoms with Crippen LogP contribution in [0.2, 0.25) is 0 Å². The predicted octanol–water partition coefficient (Wildman–Crippen LogP) is 0.675. The van der Waals surface area contributed by atoms with Gasteiger partial charge in [-0.3, -0.25) is 9.59 Å². The fraction of sp³-hybridized carbons (Fsp3) is 0.571. The molecule has 2 amide bonds. The van der Waals surface area contributed by atoms with E-state index in [1.165, 1.54) is 6.20 Å². The number of aromatic nitrogens is 2. The highest BCUT2D eigenvalue weighted by Gasteiger charge is 2.38. The molecular formula is C14H21N5O2. The number of rotatable bonds is 3. The highest BCUT2D eigenvalue weighted by molar-refractivity contribution is 5.99. The molecule has 0 aliphatic heterocycles. The molecule has 1 fully saturated rings. The summed E-state index contributed by atoms with van der Waals surface area (Å²) >= 11 is 0. The summed E-state index contributed by atoms with van der Waals surface area (Å²) in [5, 5.41) is 2.81. The van der Waals surface area contributed by atoms with Crippen LogP contribution in [0.15, 0.2) is 6.20 Å². The topological polar surface area (TPSA) is 124 Å². The summed E-state index contributed by atoms with van der Waals surface area (Å²) < 4.78 is 0. The van der Waals surface area contributed by atoms with Crippen LogP contribution in [0.5, 0.6) is 0 Å². The number of nitrogens with zero attached hydrogens (tertiary/aromatic N) is 2. The molecule has 7 heteroatoms. The first-order chi connectivity index (χ1) is 9.94. The quantitative estimate of drug-likeness (QED) is 0.706. The molecule has 1 aliphatic rings. The van der Waals surface area contributed by atoms with Crippen LogP contribution in [0.1, 0.15) is 54.6 Å². The third-order valence-electron chi connectivity index (χ3n) is 4.02. The lowest BCUT2D eigenvalue weighted by atomic mass is 9.89. The Labute approximate surface area is 123 Å². The Hall–Kier alpha value is -2.18. The zero-order valence-corrected chi connectivity index (χ0v) is 12.2. The Morgan fingerprint density at radius 2 is 1.86 bits per heavy atom. The molecule has 0 aromatic carbocycles. The van der Waals surface area contributed by atoms with Gasteiger partial charge in [-0.1, -0.05) is 25.7 Å². The molecule has 0 unspecified atom stereocenters. The van der Waals surface area contributed by atoms with Crippen LogP contribution >= 0.6 is 0 Å². The smallest absolute Gasteiger partial charge is 0.255 e. The summed E-state index contributed by atoms with van der Waals surface area (Å²) in [7, 11) is 0. The zero-order valence-electron chi connectivity index (χ0n) is 12.2. The second-order valence-corrected chi connectivity index (χ2v) is 5.54. The number of anilines is 1. The average Bonchev–Trinajstić information content (AvgIpc) is 2.65. The van der Waals surface area contributed by atoms with E-state index in [1.54, 1.807) is 6.92 Å². The van der Waals surface area contributed by atoms with Crippen molar-refractivity contribution in [3.8, 4) is 0 Å². The highest BCUT2D eigenvalue weighted by atomic mass is 16.2. The largest absolute Gasteiger partial charge is 0.368 e. The monoisotopic (exact) mass is 291 g/mol. The lowest BCUT2D eigenvalue weighted by Gasteiger charge is -2.30. The van der Waals surface area contributed by atoms with E-state index in [2.05, 4.69) is 15.3 Å². The van der Waals surface area contributed by atoms with E-state index in [9.17, 15) is 9.59 Å². The van der Waals surface area contributed by atoms with Crippen molar-refractivity contribution in [2.45, 2.75) is 51.0 Å². The fourth-order valence-corrected chi connectivity index (χ4v) is 2.76. The SMILES string of the molecule is Cc1nc(N)ncc1C(=O)NC1(C(N)=O)CCCCCC1. The van der Waals surface area contributed by atoms with Crippen molar-refractivity contribution in [1.82, 2.24) is 15.3 Å². The van der Waals surface area contributed by atoms with Crippen molar-refractivity contribution in [3.63, 3.8) is 0 Å². The maximum absolute atomic E-state index is 12.4. The van der Waals surface area contributed by atoms with E-state index >= 15 is 0 Å². The van der Waals surface area contributed by atoms with E-state index < -0.39 is 11.4 Å². The number of hydrogen-bond acceptors (Lipinski definition) is 5. The predicted molar refractivity (Wildman–Crippen MR) is 78.3 cm³/mol. The lowest BCUT2D eigenvalue weighted by Crippen LogP contribution is -2.57. The minimum atomic E-state index is -0.971. The van der Waals surface area contributed by atoms with Crippen molar-refractivity contribution in [2.24, 2.45) is 5.73 Å². The number of nitrogens with one attached hydrogen (secondary N) is 1. The van der Waals surface area contributed by atoms with Gasteiger partial charge in [0.1, 0.15) is 5.54 Å². The van der Waals surface area contributed by atoms with Crippen molar-refractivity contribution in [3.05, 3.63) is 17.5 Å². The number of hydrogen-bond donors (Lipinski definition) is 3. The van der Waals surface area contributed by atoms with Crippen molar-refractivity contribution in [2.75, 3.05) is 5.73 Å². The Bertz CT molecular complexity index is 550. The minimum Gasteiger partial charge on any atom is -0.368 e. The first-order valence-corrected chi connectivity index (χ1v) is 7.16. The molecule has 0 bridgehead atoms. The van der Waals surface area contributed by atoms with Crippen LogP contribution in [0.4, 0.5) is 5.95 Å². The zero-order chi connectivity index (χ0) is 15.5. The van der Waals surface area contributed by atoms with Crippen LogP contribution < -0.4 is 16.8 Å². The molecule has 5 N–H and O–H groups in total. The van der Waals surface area contributed by atoms with Crippen molar-refractivity contribution >= 4 is 17.8 Å². The van der Waals surface area contributed by atoms with Crippen LogP contribution in [0.25, 0.3) is 0 Å². The number of amides is 2.